The van der Waals surface area contributed by atoms with Crippen LogP contribution in [0.15, 0.2) is 71.9 Å². The maximum atomic E-state index is 4.56. The van der Waals surface area contributed by atoms with Gasteiger partial charge in [0.25, 0.3) is 0 Å². The van der Waals surface area contributed by atoms with Gasteiger partial charge < -0.3 is 0 Å². The van der Waals surface area contributed by atoms with Crippen molar-refractivity contribution in [3.05, 3.63) is 78.0 Å². The minimum absolute atomic E-state index is 0.785. The zero-order valence-electron chi connectivity index (χ0n) is 9.95. The second kappa shape index (κ2) is 4.88. The van der Waals surface area contributed by atoms with Crippen LogP contribution in [0.25, 0.3) is 5.70 Å². The molecule has 3 rings (SSSR count). The summed E-state index contributed by atoms with van der Waals surface area (Å²) in [5.41, 5.74) is 3.30. The highest BCUT2D eigenvalue weighted by molar-refractivity contribution is 5.94. The number of nitrogens with zero attached hydrogens (tertiary/aromatic N) is 2. The average Bonchev–Trinajstić information content (AvgIpc) is 2.89. The molecule has 0 aliphatic carbocycles. The van der Waals surface area contributed by atoms with Gasteiger partial charge in [-0.05, 0) is 5.56 Å². The number of rotatable bonds is 3. The smallest absolute Gasteiger partial charge is 0.133 e. The Hall–Kier alpha value is -2.35. The molecule has 2 nitrogen and oxygen atoms in total. The van der Waals surface area contributed by atoms with Crippen molar-refractivity contribution < 1.29 is 0 Å². The summed E-state index contributed by atoms with van der Waals surface area (Å²) >= 11 is 0. The van der Waals surface area contributed by atoms with E-state index in [4.69, 9.17) is 0 Å². The first-order valence-corrected chi connectivity index (χ1v) is 6.00. The Morgan fingerprint density at radius 3 is 2.17 bits per heavy atom. The van der Waals surface area contributed by atoms with Crippen molar-refractivity contribution in [3.8, 4) is 0 Å². The lowest BCUT2D eigenvalue weighted by atomic mass is 10.1. The molecule has 0 unspecified atom stereocenters. The lowest BCUT2D eigenvalue weighted by Crippen LogP contribution is -2.09. The first-order chi connectivity index (χ1) is 8.92. The second-order valence-corrected chi connectivity index (χ2v) is 4.20. The van der Waals surface area contributed by atoms with Gasteiger partial charge in [-0.15, -0.1) is 0 Å². The minimum Gasteiger partial charge on any atom is -0.239 e. The zero-order valence-corrected chi connectivity index (χ0v) is 9.95. The van der Waals surface area contributed by atoms with Gasteiger partial charge in [-0.1, -0.05) is 60.7 Å². The van der Waals surface area contributed by atoms with E-state index in [2.05, 4.69) is 34.6 Å². The quantitative estimate of drug-likeness (QED) is 0.778. The summed E-state index contributed by atoms with van der Waals surface area (Å²) in [6.07, 6.45) is 2.63. The fourth-order valence-corrected chi connectivity index (χ4v) is 1.94. The normalized spacial score (nSPS) is 13.8. The molecule has 0 saturated heterocycles. The molecule has 0 amide bonds. The van der Waals surface area contributed by atoms with Crippen LogP contribution in [0.3, 0.4) is 0 Å². The van der Waals surface area contributed by atoms with Crippen molar-refractivity contribution in [1.29, 1.82) is 0 Å². The van der Waals surface area contributed by atoms with Crippen LogP contribution in [0.5, 0.6) is 0 Å². The molecule has 2 aromatic rings. The van der Waals surface area contributed by atoms with E-state index in [9.17, 15) is 0 Å². The summed E-state index contributed by atoms with van der Waals surface area (Å²) in [6.45, 7) is 0. The van der Waals surface area contributed by atoms with Crippen LogP contribution in [-0.2, 0) is 6.42 Å². The summed E-state index contributed by atoms with van der Waals surface area (Å²) in [5.74, 6) is 0.875. The summed E-state index contributed by atoms with van der Waals surface area (Å²) in [6, 6.07) is 20.4. The highest BCUT2D eigenvalue weighted by Crippen LogP contribution is 2.19. The van der Waals surface area contributed by atoms with Crippen molar-refractivity contribution in [2.75, 3.05) is 0 Å². The Kier molecular flexibility index (Phi) is 2.92. The SMILES string of the molecule is C1=C(c2ccccc2)N=C(Cc2ccccc2)[N]1. The summed E-state index contributed by atoms with van der Waals surface area (Å²) in [7, 11) is 0. The molecule has 18 heavy (non-hydrogen) atoms. The molecule has 0 N–H and O–H groups in total. The molecular weight excluding hydrogens is 220 g/mol. The summed E-state index contributed by atoms with van der Waals surface area (Å²) < 4.78 is 0. The first-order valence-electron chi connectivity index (χ1n) is 6.00. The van der Waals surface area contributed by atoms with Gasteiger partial charge in [-0.2, -0.15) is 0 Å². The third-order valence-corrected chi connectivity index (χ3v) is 2.86. The largest absolute Gasteiger partial charge is 0.239 e. The molecule has 2 aromatic carbocycles. The maximum Gasteiger partial charge on any atom is 0.133 e. The molecule has 0 bridgehead atoms. The molecule has 0 fully saturated rings. The monoisotopic (exact) mass is 233 g/mol. The Morgan fingerprint density at radius 1 is 0.778 bits per heavy atom. The van der Waals surface area contributed by atoms with Gasteiger partial charge in [0.1, 0.15) is 5.84 Å². The van der Waals surface area contributed by atoms with Crippen LogP contribution in [0.2, 0.25) is 0 Å². The standard InChI is InChI=1S/C16H13N2/c1-3-7-13(8-4-1)11-16-17-12-15(18-16)14-9-5-2-6-10-14/h1-10,12H,11H2. The number of aliphatic imine (C=N–C) groups is 1. The van der Waals surface area contributed by atoms with Gasteiger partial charge >= 0.3 is 0 Å². The molecule has 0 atom stereocenters. The number of hydrogen-bond acceptors (Lipinski definition) is 1. The van der Waals surface area contributed by atoms with Crippen LogP contribution < -0.4 is 5.32 Å². The summed E-state index contributed by atoms with van der Waals surface area (Å²) in [5, 5.41) is 4.38. The van der Waals surface area contributed by atoms with Crippen molar-refractivity contribution in [2.45, 2.75) is 6.42 Å². The van der Waals surface area contributed by atoms with Crippen LogP contribution in [0.4, 0.5) is 0 Å². The van der Waals surface area contributed by atoms with Crippen molar-refractivity contribution >= 4 is 11.5 Å². The molecule has 2 heteroatoms. The lowest BCUT2D eigenvalue weighted by molar-refractivity contribution is 1.18. The molecule has 1 aliphatic heterocycles. The molecular formula is C16H13N2. The molecule has 87 valence electrons. The fourth-order valence-electron chi connectivity index (χ4n) is 1.94. The topological polar surface area (TPSA) is 26.5 Å². The summed E-state index contributed by atoms with van der Waals surface area (Å²) in [4.78, 5) is 4.56. The van der Waals surface area contributed by atoms with Crippen molar-refractivity contribution in [3.63, 3.8) is 0 Å². The first kappa shape index (κ1) is 10.8. The van der Waals surface area contributed by atoms with Gasteiger partial charge in [0.2, 0.25) is 0 Å². The molecule has 1 aliphatic rings. The van der Waals surface area contributed by atoms with Crippen LogP contribution in [0.1, 0.15) is 11.1 Å². The Morgan fingerprint density at radius 2 is 1.44 bits per heavy atom. The van der Waals surface area contributed by atoms with Crippen molar-refractivity contribution in [1.82, 2.24) is 5.32 Å². The molecule has 0 saturated carbocycles. The van der Waals surface area contributed by atoms with E-state index in [1.807, 2.05) is 42.6 Å². The molecule has 1 heterocycles. The highest BCUT2D eigenvalue weighted by atomic mass is 15.0. The van der Waals surface area contributed by atoms with Gasteiger partial charge in [0.05, 0.1) is 11.9 Å². The molecule has 1 radical (unpaired) electrons. The van der Waals surface area contributed by atoms with E-state index in [0.29, 0.717) is 0 Å². The van der Waals surface area contributed by atoms with E-state index in [1.165, 1.54) is 5.56 Å². The van der Waals surface area contributed by atoms with Crippen LogP contribution in [0, 0.1) is 0 Å². The Balaban J connectivity index is 1.75. The molecule has 0 spiro atoms. The van der Waals surface area contributed by atoms with E-state index >= 15 is 0 Å². The number of amidine groups is 1. The van der Waals surface area contributed by atoms with Crippen LogP contribution in [-0.4, -0.2) is 5.84 Å². The lowest BCUT2D eigenvalue weighted by Gasteiger charge is -1.99. The number of benzene rings is 2. The molecule has 0 aromatic heterocycles. The van der Waals surface area contributed by atoms with Gasteiger partial charge in [0.15, 0.2) is 0 Å². The van der Waals surface area contributed by atoms with E-state index in [-0.39, 0.29) is 0 Å². The van der Waals surface area contributed by atoms with E-state index in [1.54, 1.807) is 0 Å². The van der Waals surface area contributed by atoms with Gasteiger partial charge in [-0.25, -0.2) is 10.3 Å². The van der Waals surface area contributed by atoms with E-state index in [0.717, 1.165) is 23.5 Å². The number of hydrogen-bond donors (Lipinski definition) is 0. The third kappa shape index (κ3) is 2.33. The zero-order chi connectivity index (χ0) is 12.2. The van der Waals surface area contributed by atoms with Gasteiger partial charge in [0, 0.05) is 12.0 Å². The Labute approximate surface area is 107 Å². The highest BCUT2D eigenvalue weighted by Gasteiger charge is 2.11. The predicted molar refractivity (Wildman–Crippen MR) is 74.1 cm³/mol. The van der Waals surface area contributed by atoms with Gasteiger partial charge in [-0.3, -0.25) is 0 Å². The fraction of sp³-hybridized carbons (Fsp3) is 0.0625. The Bertz CT molecular complexity index is 583. The average molecular weight is 233 g/mol. The maximum absolute atomic E-state index is 4.56. The predicted octanol–water partition coefficient (Wildman–Crippen LogP) is 3.24. The van der Waals surface area contributed by atoms with E-state index < -0.39 is 0 Å². The minimum atomic E-state index is 0.785. The second-order valence-electron chi connectivity index (χ2n) is 4.20. The van der Waals surface area contributed by atoms with Crippen molar-refractivity contribution in [2.24, 2.45) is 4.99 Å². The van der Waals surface area contributed by atoms with Crippen LogP contribution >= 0.6 is 0 Å². The third-order valence-electron chi connectivity index (χ3n) is 2.86.